The maximum atomic E-state index is 12.5. The third kappa shape index (κ3) is 3.71. The number of piperidine rings is 1. The zero-order chi connectivity index (χ0) is 13.9. The summed E-state index contributed by atoms with van der Waals surface area (Å²) >= 11 is 0. The van der Waals surface area contributed by atoms with Crippen molar-refractivity contribution in [2.75, 3.05) is 26.7 Å². The summed E-state index contributed by atoms with van der Waals surface area (Å²) in [5.74, 6) is 1.45. The van der Waals surface area contributed by atoms with E-state index in [0.29, 0.717) is 5.91 Å². The fourth-order valence-electron chi connectivity index (χ4n) is 3.71. The summed E-state index contributed by atoms with van der Waals surface area (Å²) in [5.41, 5.74) is 0.208. The van der Waals surface area contributed by atoms with Crippen molar-refractivity contribution in [2.24, 2.45) is 17.3 Å². The molecule has 110 valence electrons. The van der Waals surface area contributed by atoms with Gasteiger partial charge in [-0.15, -0.1) is 0 Å². The lowest BCUT2D eigenvalue weighted by atomic mass is 9.81. The first kappa shape index (κ1) is 14.8. The SMILES string of the molecule is CN(CCC1CCNCC1)C(=O)C1CCCC1(C)C. The number of hydrogen-bond donors (Lipinski definition) is 1. The number of nitrogens with zero attached hydrogens (tertiary/aromatic N) is 1. The smallest absolute Gasteiger partial charge is 0.225 e. The van der Waals surface area contributed by atoms with Gasteiger partial charge in [-0.25, -0.2) is 0 Å². The highest BCUT2D eigenvalue weighted by Crippen LogP contribution is 2.43. The molecule has 3 heteroatoms. The van der Waals surface area contributed by atoms with Crippen LogP contribution in [0.3, 0.4) is 0 Å². The highest BCUT2D eigenvalue weighted by molar-refractivity contribution is 5.79. The predicted molar refractivity (Wildman–Crippen MR) is 79.0 cm³/mol. The summed E-state index contributed by atoms with van der Waals surface area (Å²) in [6.07, 6.45) is 7.23. The van der Waals surface area contributed by atoms with Crippen LogP contribution < -0.4 is 5.32 Å². The standard InChI is InChI=1S/C16H30N2O/c1-16(2)9-4-5-14(16)15(19)18(3)12-8-13-6-10-17-11-7-13/h13-14,17H,4-12H2,1-3H3. The second kappa shape index (κ2) is 6.25. The molecule has 0 radical (unpaired) electrons. The van der Waals surface area contributed by atoms with Crippen molar-refractivity contribution in [1.82, 2.24) is 10.2 Å². The number of carbonyl (C=O) groups excluding carboxylic acids is 1. The van der Waals surface area contributed by atoms with E-state index in [1.165, 1.54) is 32.1 Å². The van der Waals surface area contributed by atoms with Crippen LogP contribution in [0.5, 0.6) is 0 Å². The van der Waals surface area contributed by atoms with Crippen LogP contribution in [0.15, 0.2) is 0 Å². The summed E-state index contributed by atoms with van der Waals surface area (Å²) in [7, 11) is 2.00. The van der Waals surface area contributed by atoms with E-state index in [0.717, 1.165) is 32.0 Å². The molecule has 19 heavy (non-hydrogen) atoms. The molecule has 1 aliphatic heterocycles. The molecule has 0 aromatic heterocycles. The van der Waals surface area contributed by atoms with Crippen LogP contribution in [0.2, 0.25) is 0 Å². The fraction of sp³-hybridized carbons (Fsp3) is 0.938. The number of carbonyl (C=O) groups is 1. The monoisotopic (exact) mass is 266 g/mol. The Morgan fingerprint density at radius 1 is 1.26 bits per heavy atom. The minimum Gasteiger partial charge on any atom is -0.345 e. The molecule has 2 rings (SSSR count). The molecular weight excluding hydrogens is 236 g/mol. The summed E-state index contributed by atoms with van der Waals surface area (Å²) in [4.78, 5) is 14.5. The lowest BCUT2D eigenvalue weighted by Gasteiger charge is -2.31. The molecule has 1 aliphatic carbocycles. The molecule has 0 aromatic rings. The summed E-state index contributed by atoms with van der Waals surface area (Å²) in [6, 6.07) is 0. The van der Waals surface area contributed by atoms with Crippen LogP contribution in [-0.4, -0.2) is 37.5 Å². The Hall–Kier alpha value is -0.570. The molecule has 1 amide bonds. The van der Waals surface area contributed by atoms with Gasteiger partial charge in [0.15, 0.2) is 0 Å². The van der Waals surface area contributed by atoms with E-state index in [2.05, 4.69) is 19.2 Å². The normalized spacial score (nSPS) is 27.4. The highest BCUT2D eigenvalue weighted by Gasteiger charge is 2.40. The first-order valence-electron chi connectivity index (χ1n) is 7.96. The number of rotatable bonds is 4. The van der Waals surface area contributed by atoms with Crippen molar-refractivity contribution in [3.63, 3.8) is 0 Å². The molecule has 1 atom stereocenters. The molecule has 3 nitrogen and oxygen atoms in total. The molecule has 1 saturated heterocycles. The van der Waals surface area contributed by atoms with Gasteiger partial charge in [-0.3, -0.25) is 4.79 Å². The van der Waals surface area contributed by atoms with Gasteiger partial charge in [0.2, 0.25) is 5.91 Å². The third-order valence-electron chi connectivity index (χ3n) is 5.26. The van der Waals surface area contributed by atoms with Crippen molar-refractivity contribution in [3.8, 4) is 0 Å². The van der Waals surface area contributed by atoms with Crippen molar-refractivity contribution < 1.29 is 4.79 Å². The minimum atomic E-state index is 0.208. The van der Waals surface area contributed by atoms with Gasteiger partial charge in [0.05, 0.1) is 0 Å². The molecule has 1 saturated carbocycles. The summed E-state index contributed by atoms with van der Waals surface area (Å²) in [6.45, 7) is 7.75. The molecule has 0 spiro atoms. The summed E-state index contributed by atoms with van der Waals surface area (Å²) in [5, 5.41) is 3.40. The highest BCUT2D eigenvalue weighted by atomic mass is 16.2. The zero-order valence-electron chi connectivity index (χ0n) is 12.9. The van der Waals surface area contributed by atoms with Gasteiger partial charge in [-0.2, -0.15) is 0 Å². The average molecular weight is 266 g/mol. The maximum Gasteiger partial charge on any atom is 0.225 e. The molecule has 2 fully saturated rings. The van der Waals surface area contributed by atoms with Crippen molar-refractivity contribution in [1.29, 1.82) is 0 Å². The van der Waals surface area contributed by atoms with Gasteiger partial charge in [-0.1, -0.05) is 20.3 Å². The van der Waals surface area contributed by atoms with E-state index >= 15 is 0 Å². The minimum absolute atomic E-state index is 0.208. The molecule has 1 unspecified atom stereocenters. The second-order valence-electron chi connectivity index (χ2n) is 7.18. The van der Waals surface area contributed by atoms with Gasteiger partial charge in [0.25, 0.3) is 0 Å². The van der Waals surface area contributed by atoms with Crippen LogP contribution in [0.25, 0.3) is 0 Å². The largest absolute Gasteiger partial charge is 0.345 e. The molecule has 2 aliphatic rings. The number of amides is 1. The number of nitrogens with one attached hydrogen (secondary N) is 1. The summed E-state index contributed by atoms with van der Waals surface area (Å²) < 4.78 is 0. The van der Waals surface area contributed by atoms with Crippen molar-refractivity contribution in [3.05, 3.63) is 0 Å². The Morgan fingerprint density at radius 3 is 2.53 bits per heavy atom. The Kier molecular flexibility index (Phi) is 4.88. The molecule has 1 heterocycles. The Morgan fingerprint density at radius 2 is 1.95 bits per heavy atom. The zero-order valence-corrected chi connectivity index (χ0v) is 12.9. The Bertz CT molecular complexity index is 308. The van der Waals surface area contributed by atoms with Gasteiger partial charge < -0.3 is 10.2 Å². The lowest BCUT2D eigenvalue weighted by Crippen LogP contribution is -2.39. The average Bonchev–Trinajstić information content (AvgIpc) is 2.76. The first-order chi connectivity index (χ1) is 9.00. The first-order valence-corrected chi connectivity index (χ1v) is 7.96. The fourth-order valence-corrected chi connectivity index (χ4v) is 3.71. The van der Waals surface area contributed by atoms with Crippen molar-refractivity contribution >= 4 is 5.91 Å². The van der Waals surface area contributed by atoms with Gasteiger partial charge >= 0.3 is 0 Å². The van der Waals surface area contributed by atoms with Crippen LogP contribution in [0, 0.1) is 17.3 Å². The van der Waals surface area contributed by atoms with E-state index in [-0.39, 0.29) is 11.3 Å². The van der Waals surface area contributed by atoms with Crippen LogP contribution >= 0.6 is 0 Å². The van der Waals surface area contributed by atoms with Gasteiger partial charge in [0, 0.05) is 19.5 Å². The van der Waals surface area contributed by atoms with Crippen LogP contribution in [0.4, 0.5) is 0 Å². The lowest BCUT2D eigenvalue weighted by molar-refractivity contribution is -0.137. The number of hydrogen-bond acceptors (Lipinski definition) is 2. The van der Waals surface area contributed by atoms with Crippen molar-refractivity contribution in [2.45, 2.75) is 52.4 Å². The molecular formula is C16H30N2O. The maximum absolute atomic E-state index is 12.5. The second-order valence-corrected chi connectivity index (χ2v) is 7.18. The molecule has 0 bridgehead atoms. The predicted octanol–water partition coefficient (Wildman–Crippen LogP) is 2.66. The van der Waals surface area contributed by atoms with E-state index in [9.17, 15) is 4.79 Å². The van der Waals surface area contributed by atoms with Crippen LogP contribution in [-0.2, 0) is 4.79 Å². The quantitative estimate of drug-likeness (QED) is 0.848. The van der Waals surface area contributed by atoms with Gasteiger partial charge in [0.1, 0.15) is 0 Å². The van der Waals surface area contributed by atoms with E-state index in [4.69, 9.17) is 0 Å². The van der Waals surface area contributed by atoms with Gasteiger partial charge in [-0.05, 0) is 56.5 Å². The Balaban J connectivity index is 1.78. The molecule has 1 N–H and O–H groups in total. The van der Waals surface area contributed by atoms with E-state index in [1.54, 1.807) is 0 Å². The topological polar surface area (TPSA) is 32.3 Å². The third-order valence-corrected chi connectivity index (χ3v) is 5.26. The Labute approximate surface area is 118 Å². The van der Waals surface area contributed by atoms with Crippen LogP contribution in [0.1, 0.15) is 52.4 Å². The van der Waals surface area contributed by atoms with E-state index in [1.807, 2.05) is 11.9 Å². The molecule has 0 aromatic carbocycles. The van der Waals surface area contributed by atoms with E-state index < -0.39 is 0 Å².